The van der Waals surface area contributed by atoms with Crippen molar-refractivity contribution in [3.05, 3.63) is 0 Å². The summed E-state index contributed by atoms with van der Waals surface area (Å²) in [6, 6.07) is 0. The minimum atomic E-state index is -4.32. The van der Waals surface area contributed by atoms with Crippen molar-refractivity contribution in [3.63, 3.8) is 0 Å². The van der Waals surface area contributed by atoms with Crippen molar-refractivity contribution in [2.45, 2.75) is 24.6 Å². The summed E-state index contributed by atoms with van der Waals surface area (Å²) in [6.07, 6.45) is -4.61. The van der Waals surface area contributed by atoms with Gasteiger partial charge in [0.2, 0.25) is 0 Å². The first-order chi connectivity index (χ1) is 4.89. The molecule has 0 aromatic heterocycles. The molecule has 0 aromatic carbocycles. The van der Waals surface area contributed by atoms with Crippen LogP contribution in [0.5, 0.6) is 0 Å². The molecule has 1 saturated carbocycles. The molecule has 11 heavy (non-hydrogen) atoms. The van der Waals surface area contributed by atoms with Crippen LogP contribution in [-0.2, 0) is 0 Å². The van der Waals surface area contributed by atoms with Crippen LogP contribution in [0, 0.1) is 5.92 Å². The Morgan fingerprint density at radius 1 is 1.45 bits per heavy atom. The minimum absolute atomic E-state index is 0.146. The summed E-state index contributed by atoms with van der Waals surface area (Å²) in [5.74, 6) is -0.262. The van der Waals surface area contributed by atoms with Crippen LogP contribution in [0.15, 0.2) is 0 Å². The van der Waals surface area contributed by atoms with Gasteiger partial charge in [-0.25, -0.2) is 0 Å². The van der Waals surface area contributed by atoms with Gasteiger partial charge in [0.05, 0.1) is 0 Å². The van der Waals surface area contributed by atoms with Gasteiger partial charge in [-0.1, -0.05) is 0 Å². The highest BCUT2D eigenvalue weighted by atomic mass is 19.4. The lowest BCUT2D eigenvalue weighted by Crippen LogP contribution is -2.62. The molecule has 0 heterocycles. The molecule has 2 nitrogen and oxygen atoms in total. The highest BCUT2D eigenvalue weighted by molar-refractivity contribution is 5.03. The lowest BCUT2D eigenvalue weighted by molar-refractivity contribution is -0.220. The smallest absolute Gasteiger partial charge is 0.396 e. The van der Waals surface area contributed by atoms with Gasteiger partial charge in [-0.3, -0.25) is 0 Å². The zero-order chi connectivity index (χ0) is 8.70. The van der Waals surface area contributed by atoms with Gasteiger partial charge in [0.25, 0.3) is 0 Å². The molecule has 0 aromatic rings. The Labute approximate surface area is 62.2 Å². The molecule has 1 aliphatic rings. The van der Waals surface area contributed by atoms with E-state index in [4.69, 9.17) is 10.8 Å². The summed E-state index contributed by atoms with van der Waals surface area (Å²) in [4.78, 5) is 0. The number of hydrogen-bond donors (Lipinski definition) is 2. The summed E-state index contributed by atoms with van der Waals surface area (Å²) in [6.45, 7) is -0.199. The van der Waals surface area contributed by atoms with E-state index in [2.05, 4.69) is 0 Å². The molecule has 0 aliphatic heterocycles. The van der Waals surface area contributed by atoms with E-state index < -0.39 is 11.7 Å². The van der Waals surface area contributed by atoms with Gasteiger partial charge < -0.3 is 10.8 Å². The Morgan fingerprint density at radius 2 is 1.91 bits per heavy atom. The van der Waals surface area contributed by atoms with Gasteiger partial charge in [0.1, 0.15) is 5.54 Å². The lowest BCUT2D eigenvalue weighted by atomic mass is 9.69. The first-order valence-electron chi connectivity index (χ1n) is 3.35. The lowest BCUT2D eigenvalue weighted by Gasteiger charge is -2.44. The molecule has 3 N–H and O–H groups in total. The van der Waals surface area contributed by atoms with Crippen LogP contribution in [-0.4, -0.2) is 23.4 Å². The maximum Gasteiger partial charge on any atom is 0.406 e. The Hall–Kier alpha value is -0.290. The molecule has 5 heteroatoms. The maximum atomic E-state index is 12.0. The number of alkyl halides is 3. The van der Waals surface area contributed by atoms with Crippen molar-refractivity contribution in [3.8, 4) is 0 Å². The molecule has 0 amide bonds. The maximum absolute atomic E-state index is 12.0. The van der Waals surface area contributed by atoms with Crippen molar-refractivity contribution in [2.75, 3.05) is 6.61 Å². The van der Waals surface area contributed by atoms with E-state index in [0.29, 0.717) is 0 Å². The van der Waals surface area contributed by atoms with E-state index in [9.17, 15) is 13.2 Å². The van der Waals surface area contributed by atoms with E-state index in [-0.39, 0.29) is 25.4 Å². The van der Waals surface area contributed by atoms with Crippen LogP contribution in [0.25, 0.3) is 0 Å². The van der Waals surface area contributed by atoms with Crippen molar-refractivity contribution in [2.24, 2.45) is 11.7 Å². The second kappa shape index (κ2) is 2.35. The number of aliphatic hydroxyl groups is 1. The molecule has 0 radical (unpaired) electrons. The van der Waals surface area contributed by atoms with Gasteiger partial charge in [-0.2, -0.15) is 13.2 Å². The molecular formula is C6H10F3NO. The molecule has 0 atom stereocenters. The molecule has 0 bridgehead atoms. The van der Waals surface area contributed by atoms with Crippen LogP contribution in [0.1, 0.15) is 12.8 Å². The van der Waals surface area contributed by atoms with E-state index in [1.807, 2.05) is 0 Å². The third kappa shape index (κ3) is 1.35. The Kier molecular flexibility index (Phi) is 1.88. The number of hydrogen-bond acceptors (Lipinski definition) is 2. The average Bonchev–Trinajstić information content (AvgIpc) is 1.78. The van der Waals surface area contributed by atoms with E-state index in [0.717, 1.165) is 0 Å². The number of rotatable bonds is 1. The van der Waals surface area contributed by atoms with Gasteiger partial charge in [0, 0.05) is 6.61 Å². The van der Waals surface area contributed by atoms with E-state index >= 15 is 0 Å². The molecule has 0 saturated heterocycles. The molecule has 1 aliphatic carbocycles. The van der Waals surface area contributed by atoms with Crippen LogP contribution >= 0.6 is 0 Å². The first-order valence-corrected chi connectivity index (χ1v) is 3.35. The summed E-state index contributed by atoms with van der Waals surface area (Å²) in [7, 11) is 0. The SMILES string of the molecule is NC1(C(F)(F)F)CC(CO)C1. The predicted molar refractivity (Wildman–Crippen MR) is 32.8 cm³/mol. The van der Waals surface area contributed by atoms with Crippen LogP contribution in [0.2, 0.25) is 0 Å². The molecule has 1 rings (SSSR count). The monoisotopic (exact) mass is 169 g/mol. The number of aliphatic hydroxyl groups excluding tert-OH is 1. The van der Waals surface area contributed by atoms with E-state index in [1.165, 1.54) is 0 Å². The topological polar surface area (TPSA) is 46.2 Å². The second-order valence-electron chi connectivity index (χ2n) is 3.11. The van der Waals surface area contributed by atoms with Crippen LogP contribution < -0.4 is 5.73 Å². The zero-order valence-corrected chi connectivity index (χ0v) is 5.86. The van der Waals surface area contributed by atoms with Gasteiger partial charge in [-0.15, -0.1) is 0 Å². The highest BCUT2D eigenvalue weighted by Crippen LogP contribution is 2.46. The van der Waals surface area contributed by atoms with Gasteiger partial charge in [0.15, 0.2) is 0 Å². The fourth-order valence-corrected chi connectivity index (χ4v) is 1.33. The van der Waals surface area contributed by atoms with E-state index in [1.54, 1.807) is 0 Å². The van der Waals surface area contributed by atoms with Crippen molar-refractivity contribution in [1.29, 1.82) is 0 Å². The molecule has 66 valence electrons. The summed E-state index contributed by atoms with van der Waals surface area (Å²) in [5.41, 5.74) is 2.98. The minimum Gasteiger partial charge on any atom is -0.396 e. The Bertz CT molecular complexity index is 150. The highest BCUT2D eigenvalue weighted by Gasteiger charge is 2.59. The van der Waals surface area contributed by atoms with Crippen molar-refractivity contribution < 1.29 is 18.3 Å². The molecule has 0 unspecified atom stereocenters. The summed E-state index contributed by atoms with van der Waals surface area (Å²) < 4.78 is 36.0. The fourth-order valence-electron chi connectivity index (χ4n) is 1.33. The van der Waals surface area contributed by atoms with Gasteiger partial charge in [-0.05, 0) is 18.8 Å². The van der Waals surface area contributed by atoms with Crippen LogP contribution in [0.3, 0.4) is 0 Å². The average molecular weight is 169 g/mol. The Morgan fingerprint density at radius 3 is 2.18 bits per heavy atom. The first kappa shape index (κ1) is 8.80. The quantitative estimate of drug-likeness (QED) is 0.605. The van der Waals surface area contributed by atoms with Crippen molar-refractivity contribution in [1.82, 2.24) is 0 Å². The number of nitrogens with two attached hydrogens (primary N) is 1. The normalized spacial score (nSPS) is 38.5. The Balaban J connectivity index is 2.49. The molecular weight excluding hydrogens is 159 g/mol. The predicted octanol–water partition coefficient (Wildman–Crippen LogP) is 0.649. The standard InChI is InChI=1S/C6H10F3NO/c7-6(8,9)5(10)1-4(2-5)3-11/h4,11H,1-3,10H2. The molecule has 0 spiro atoms. The van der Waals surface area contributed by atoms with Gasteiger partial charge >= 0.3 is 6.18 Å². The third-order valence-corrected chi connectivity index (χ3v) is 2.13. The largest absolute Gasteiger partial charge is 0.406 e. The summed E-state index contributed by atoms with van der Waals surface area (Å²) >= 11 is 0. The zero-order valence-electron chi connectivity index (χ0n) is 5.86. The molecule has 1 fully saturated rings. The van der Waals surface area contributed by atoms with Crippen molar-refractivity contribution >= 4 is 0 Å². The fraction of sp³-hybridized carbons (Fsp3) is 1.00. The van der Waals surface area contributed by atoms with Crippen LogP contribution in [0.4, 0.5) is 13.2 Å². The number of halogens is 3. The third-order valence-electron chi connectivity index (χ3n) is 2.13. The summed E-state index contributed by atoms with van der Waals surface area (Å²) in [5, 5.41) is 8.46. The second-order valence-corrected chi connectivity index (χ2v) is 3.11.